The minimum atomic E-state index is -4.51. The van der Waals surface area contributed by atoms with Gasteiger partial charge in [0.15, 0.2) is 5.78 Å². The Labute approximate surface area is 180 Å². The van der Waals surface area contributed by atoms with Crippen LogP contribution in [0, 0.1) is 0 Å². The molecule has 1 atom stereocenters. The number of Topliss-reactive ketones (excluding diaryl/α,β-unsaturated/α-hetero) is 1. The second kappa shape index (κ2) is 11.0. The molecule has 0 amide bonds. The molecular formula is C23H29F3O3S. The molecule has 0 N–H and O–H groups in total. The molecule has 2 rings (SSSR count). The summed E-state index contributed by atoms with van der Waals surface area (Å²) < 4.78 is 44.4. The van der Waals surface area contributed by atoms with Crippen LogP contribution in [0.1, 0.15) is 69.9 Å². The van der Waals surface area contributed by atoms with E-state index in [0.717, 1.165) is 31.7 Å². The van der Waals surface area contributed by atoms with Crippen LogP contribution in [-0.4, -0.2) is 22.3 Å². The second-order valence-corrected chi connectivity index (χ2v) is 9.34. The molecule has 1 aromatic carbocycles. The summed E-state index contributed by atoms with van der Waals surface area (Å²) in [5.74, 6) is -0.0117. The van der Waals surface area contributed by atoms with Gasteiger partial charge in [-0.05, 0) is 25.0 Å². The Morgan fingerprint density at radius 2 is 1.77 bits per heavy atom. The van der Waals surface area contributed by atoms with Crippen molar-refractivity contribution in [3.8, 4) is 0 Å². The summed E-state index contributed by atoms with van der Waals surface area (Å²) in [6, 6.07) is 5.05. The largest absolute Gasteiger partial charge is 0.489 e. The Hall–Kier alpha value is -1.76. The molecule has 1 heterocycles. The lowest BCUT2D eigenvalue weighted by molar-refractivity contribution is -0.138. The minimum Gasteiger partial charge on any atom is -0.489 e. The summed E-state index contributed by atoms with van der Waals surface area (Å²) in [6.07, 6.45) is 4.07. The van der Waals surface area contributed by atoms with E-state index in [2.05, 4.69) is 6.92 Å². The standard InChI is InChI=1S/C23H29F3O3S/c1-3-4-5-6-7-10-13-22(2)20(15-21(28)30-22)29-16-18(27)14-17-11-8-9-12-19(17)23(24,25)26/h8-9,11-12,15H,3-7,10,13-14,16H2,1-2H3. The van der Waals surface area contributed by atoms with E-state index < -0.39 is 22.3 Å². The Morgan fingerprint density at radius 3 is 2.47 bits per heavy atom. The molecule has 7 heteroatoms. The zero-order valence-electron chi connectivity index (χ0n) is 17.5. The highest BCUT2D eigenvalue weighted by Gasteiger charge is 2.39. The van der Waals surface area contributed by atoms with Gasteiger partial charge in [-0.3, -0.25) is 9.59 Å². The van der Waals surface area contributed by atoms with Gasteiger partial charge in [-0.15, -0.1) is 0 Å². The van der Waals surface area contributed by atoms with Gasteiger partial charge in [0, 0.05) is 12.5 Å². The molecule has 0 fully saturated rings. The summed E-state index contributed by atoms with van der Waals surface area (Å²) in [5, 5.41) is -0.117. The van der Waals surface area contributed by atoms with E-state index in [1.54, 1.807) is 0 Å². The highest BCUT2D eigenvalue weighted by atomic mass is 32.2. The molecule has 1 aliphatic rings. The van der Waals surface area contributed by atoms with E-state index in [0.29, 0.717) is 5.76 Å². The third-order valence-electron chi connectivity index (χ3n) is 5.20. The molecule has 30 heavy (non-hydrogen) atoms. The lowest BCUT2D eigenvalue weighted by atomic mass is 9.98. The molecule has 0 saturated carbocycles. The smallest absolute Gasteiger partial charge is 0.416 e. The Bertz CT molecular complexity index is 773. The Balaban J connectivity index is 1.90. The number of carbonyl (C=O) groups is 2. The van der Waals surface area contributed by atoms with E-state index in [1.165, 1.54) is 55.3 Å². The van der Waals surface area contributed by atoms with Gasteiger partial charge >= 0.3 is 6.18 Å². The van der Waals surface area contributed by atoms with Crippen molar-refractivity contribution in [2.75, 3.05) is 6.61 Å². The van der Waals surface area contributed by atoms with Gasteiger partial charge < -0.3 is 4.74 Å². The van der Waals surface area contributed by atoms with Gasteiger partial charge in [-0.25, -0.2) is 0 Å². The molecular weight excluding hydrogens is 413 g/mol. The fourth-order valence-corrected chi connectivity index (χ4v) is 4.62. The zero-order valence-corrected chi connectivity index (χ0v) is 18.3. The van der Waals surface area contributed by atoms with Crippen molar-refractivity contribution in [1.29, 1.82) is 0 Å². The summed E-state index contributed by atoms with van der Waals surface area (Å²) in [6.45, 7) is 3.74. The summed E-state index contributed by atoms with van der Waals surface area (Å²) >= 11 is 1.19. The van der Waals surface area contributed by atoms with Gasteiger partial charge in [0.25, 0.3) is 0 Å². The average molecular weight is 443 g/mol. The number of unbranched alkanes of at least 4 members (excludes halogenated alkanes) is 5. The van der Waals surface area contributed by atoms with Gasteiger partial charge in [0.1, 0.15) is 12.4 Å². The van der Waals surface area contributed by atoms with Gasteiger partial charge in [0.05, 0.1) is 10.3 Å². The van der Waals surface area contributed by atoms with Crippen molar-refractivity contribution >= 4 is 22.7 Å². The number of thioether (sulfide) groups is 1. The van der Waals surface area contributed by atoms with Crippen LogP contribution in [0.3, 0.4) is 0 Å². The van der Waals surface area contributed by atoms with Crippen LogP contribution in [0.15, 0.2) is 36.1 Å². The molecule has 1 aromatic rings. The van der Waals surface area contributed by atoms with Crippen molar-refractivity contribution < 1.29 is 27.5 Å². The molecule has 0 radical (unpaired) electrons. The first-order valence-electron chi connectivity index (χ1n) is 10.4. The maximum absolute atomic E-state index is 13.1. The van der Waals surface area contributed by atoms with Crippen molar-refractivity contribution in [3.63, 3.8) is 0 Å². The predicted molar refractivity (Wildman–Crippen MR) is 113 cm³/mol. The van der Waals surface area contributed by atoms with Crippen LogP contribution < -0.4 is 0 Å². The Kier molecular flexibility index (Phi) is 9.01. The fraction of sp³-hybridized carbons (Fsp3) is 0.565. The summed E-state index contributed by atoms with van der Waals surface area (Å²) in [5.41, 5.74) is -0.878. The third-order valence-corrected chi connectivity index (χ3v) is 6.38. The van der Waals surface area contributed by atoms with E-state index in [9.17, 15) is 22.8 Å². The molecule has 0 aromatic heterocycles. The SMILES string of the molecule is CCCCCCCCC1(C)SC(=O)C=C1OCC(=O)Cc1ccccc1C(F)(F)F. The highest BCUT2D eigenvalue weighted by Crippen LogP contribution is 2.44. The highest BCUT2D eigenvalue weighted by molar-refractivity contribution is 8.15. The minimum absolute atomic E-state index is 0.0701. The van der Waals surface area contributed by atoms with Crippen LogP contribution in [0.5, 0.6) is 0 Å². The number of alkyl halides is 3. The number of rotatable bonds is 12. The number of hydrogen-bond acceptors (Lipinski definition) is 4. The first kappa shape index (κ1) is 24.5. The maximum atomic E-state index is 13.1. The van der Waals surface area contributed by atoms with Crippen molar-refractivity contribution in [2.45, 2.75) is 76.1 Å². The maximum Gasteiger partial charge on any atom is 0.416 e. The number of benzene rings is 1. The van der Waals surface area contributed by atoms with Gasteiger partial charge in [-0.2, -0.15) is 13.2 Å². The van der Waals surface area contributed by atoms with Crippen molar-refractivity contribution in [2.24, 2.45) is 0 Å². The van der Waals surface area contributed by atoms with Crippen LogP contribution >= 0.6 is 11.8 Å². The first-order valence-corrected chi connectivity index (χ1v) is 11.2. The van der Waals surface area contributed by atoms with Crippen LogP contribution in [0.2, 0.25) is 0 Å². The predicted octanol–water partition coefficient (Wildman–Crippen LogP) is 6.50. The molecule has 1 unspecified atom stereocenters. The van der Waals surface area contributed by atoms with Gasteiger partial charge in [-0.1, -0.05) is 75.4 Å². The summed E-state index contributed by atoms with van der Waals surface area (Å²) in [7, 11) is 0. The molecule has 0 saturated heterocycles. The van der Waals surface area contributed by atoms with Crippen LogP contribution in [0.4, 0.5) is 13.2 Å². The quantitative estimate of drug-likeness (QED) is 0.347. The van der Waals surface area contributed by atoms with Crippen molar-refractivity contribution in [1.82, 2.24) is 0 Å². The second-order valence-electron chi connectivity index (χ2n) is 7.84. The number of ketones is 1. The number of halogens is 3. The lowest BCUT2D eigenvalue weighted by Gasteiger charge is -2.26. The van der Waals surface area contributed by atoms with E-state index in [4.69, 9.17) is 4.74 Å². The van der Waals surface area contributed by atoms with Crippen LogP contribution in [-0.2, 0) is 26.9 Å². The monoisotopic (exact) mass is 442 g/mol. The lowest BCUT2D eigenvalue weighted by Crippen LogP contribution is -2.24. The van der Waals surface area contributed by atoms with Gasteiger partial charge in [0.2, 0.25) is 5.12 Å². The summed E-state index contributed by atoms with van der Waals surface area (Å²) in [4.78, 5) is 24.2. The number of ether oxygens (including phenoxy) is 1. The third kappa shape index (κ3) is 7.18. The van der Waals surface area contributed by atoms with E-state index in [1.807, 2.05) is 6.92 Å². The van der Waals surface area contributed by atoms with E-state index in [-0.39, 0.29) is 23.7 Å². The molecule has 166 valence electrons. The molecule has 3 nitrogen and oxygen atoms in total. The first-order chi connectivity index (χ1) is 14.2. The average Bonchev–Trinajstić information content (AvgIpc) is 2.96. The molecule has 0 aliphatic carbocycles. The van der Waals surface area contributed by atoms with E-state index >= 15 is 0 Å². The zero-order chi connectivity index (χ0) is 22.2. The Morgan fingerprint density at radius 1 is 1.10 bits per heavy atom. The number of carbonyl (C=O) groups excluding carboxylic acids is 2. The topological polar surface area (TPSA) is 43.4 Å². The molecule has 0 spiro atoms. The van der Waals surface area contributed by atoms with Crippen LogP contribution in [0.25, 0.3) is 0 Å². The normalized spacial score (nSPS) is 19.1. The molecule has 1 aliphatic heterocycles. The molecule has 0 bridgehead atoms. The van der Waals surface area contributed by atoms with Crippen molar-refractivity contribution in [3.05, 3.63) is 47.2 Å². The fourth-order valence-electron chi connectivity index (χ4n) is 3.55. The number of hydrogen-bond donors (Lipinski definition) is 0.